The van der Waals surface area contributed by atoms with Crippen LogP contribution in [-0.2, 0) is 6.42 Å². The minimum absolute atomic E-state index is 0.796. The molecule has 2 heterocycles. The van der Waals surface area contributed by atoms with Crippen molar-refractivity contribution in [3.63, 3.8) is 0 Å². The van der Waals surface area contributed by atoms with Crippen molar-refractivity contribution >= 4 is 5.69 Å². The summed E-state index contributed by atoms with van der Waals surface area (Å²) in [5.41, 5.74) is 9.76. The monoisotopic (exact) mass is 294 g/mol. The number of methoxy groups -OCH3 is 1. The predicted octanol–water partition coefficient (Wildman–Crippen LogP) is 2.88. The lowest BCUT2D eigenvalue weighted by atomic mass is 10.1. The molecule has 0 unspecified atom stereocenters. The topological polar surface area (TPSA) is 49.4 Å². The molecule has 1 aromatic heterocycles. The Hall–Kier alpha value is -2.95. The van der Waals surface area contributed by atoms with Gasteiger partial charge >= 0.3 is 0 Å². The maximum atomic E-state index is 5.32. The van der Waals surface area contributed by atoms with E-state index in [0.29, 0.717) is 0 Å². The summed E-state index contributed by atoms with van der Waals surface area (Å²) in [5, 5.41) is 1.79. The van der Waals surface area contributed by atoms with E-state index >= 15 is 0 Å². The molecule has 0 spiro atoms. The molecule has 5 nitrogen and oxygen atoms in total. The van der Waals surface area contributed by atoms with E-state index in [1.807, 2.05) is 61.2 Å². The molecule has 2 N–H and O–H groups in total. The molecule has 1 aromatic carbocycles. The van der Waals surface area contributed by atoms with Crippen LogP contribution in [0.25, 0.3) is 0 Å². The van der Waals surface area contributed by atoms with Gasteiger partial charge in [0.25, 0.3) is 0 Å². The van der Waals surface area contributed by atoms with Gasteiger partial charge in [-0.25, -0.2) is 5.12 Å². The standard InChI is InChI=1S/C17H18N4O/c1-22-17-5-3-2-4-16(17)20-21-11-8-15(13-19-21)12-14-6-9-18-10-7-14/h2-11,13,19-20H,12H2,1H3. The number of benzene rings is 1. The lowest BCUT2D eigenvalue weighted by molar-refractivity contribution is 0.365. The Morgan fingerprint density at radius 3 is 2.73 bits per heavy atom. The summed E-state index contributed by atoms with van der Waals surface area (Å²) < 4.78 is 5.32. The van der Waals surface area contributed by atoms with Gasteiger partial charge in [0.15, 0.2) is 0 Å². The Bertz CT molecular complexity index is 682. The predicted molar refractivity (Wildman–Crippen MR) is 86.8 cm³/mol. The molecule has 0 aliphatic carbocycles. The Labute approximate surface area is 129 Å². The number of pyridine rings is 1. The minimum Gasteiger partial charge on any atom is -0.495 e. The fourth-order valence-electron chi connectivity index (χ4n) is 2.20. The van der Waals surface area contributed by atoms with E-state index in [0.717, 1.165) is 17.9 Å². The van der Waals surface area contributed by atoms with Crippen molar-refractivity contribution in [2.75, 3.05) is 12.5 Å². The van der Waals surface area contributed by atoms with Gasteiger partial charge in [-0.3, -0.25) is 15.8 Å². The van der Waals surface area contributed by atoms with Gasteiger partial charge in [0.05, 0.1) is 12.8 Å². The van der Waals surface area contributed by atoms with Crippen molar-refractivity contribution in [2.24, 2.45) is 0 Å². The molecule has 0 atom stereocenters. The van der Waals surface area contributed by atoms with Gasteiger partial charge in [0.1, 0.15) is 5.75 Å². The first-order valence-electron chi connectivity index (χ1n) is 7.06. The molecule has 0 saturated heterocycles. The second kappa shape index (κ2) is 6.67. The van der Waals surface area contributed by atoms with Crippen molar-refractivity contribution in [1.29, 1.82) is 0 Å². The van der Waals surface area contributed by atoms with E-state index < -0.39 is 0 Å². The van der Waals surface area contributed by atoms with E-state index in [1.165, 1.54) is 11.1 Å². The zero-order valence-corrected chi connectivity index (χ0v) is 12.4. The van der Waals surface area contributed by atoms with Crippen molar-refractivity contribution < 1.29 is 4.74 Å². The van der Waals surface area contributed by atoms with Crippen molar-refractivity contribution in [3.8, 4) is 5.75 Å². The van der Waals surface area contributed by atoms with Gasteiger partial charge in [-0.15, -0.1) is 0 Å². The highest BCUT2D eigenvalue weighted by molar-refractivity contribution is 5.55. The fraction of sp³-hybridized carbons (Fsp3) is 0.118. The zero-order valence-electron chi connectivity index (χ0n) is 12.4. The lowest BCUT2D eigenvalue weighted by Crippen LogP contribution is -2.36. The molecule has 5 heteroatoms. The van der Waals surface area contributed by atoms with Gasteiger partial charge in [-0.05, 0) is 47.9 Å². The van der Waals surface area contributed by atoms with Crippen LogP contribution in [0.3, 0.4) is 0 Å². The van der Waals surface area contributed by atoms with Crippen LogP contribution in [0.4, 0.5) is 5.69 Å². The minimum atomic E-state index is 0.796. The fourth-order valence-corrected chi connectivity index (χ4v) is 2.20. The first-order valence-corrected chi connectivity index (χ1v) is 7.06. The number of ether oxygens (including phenoxy) is 1. The summed E-state index contributed by atoms with van der Waals surface area (Å²) in [6, 6.07) is 11.8. The van der Waals surface area contributed by atoms with Crippen LogP contribution in [0.1, 0.15) is 5.56 Å². The zero-order chi connectivity index (χ0) is 15.2. The van der Waals surface area contributed by atoms with E-state index in [9.17, 15) is 0 Å². The number of para-hydroxylation sites is 2. The number of nitrogens with one attached hydrogen (secondary N) is 2. The van der Waals surface area contributed by atoms with Gasteiger partial charge < -0.3 is 4.74 Å². The Kier molecular flexibility index (Phi) is 4.25. The number of aromatic nitrogens is 1. The highest BCUT2D eigenvalue weighted by atomic mass is 16.5. The molecule has 0 bridgehead atoms. The SMILES string of the molecule is COc1ccccc1NN1C=CC(Cc2ccncc2)=CN1. The molecule has 0 saturated carbocycles. The molecular weight excluding hydrogens is 276 g/mol. The van der Waals surface area contributed by atoms with Crippen LogP contribution < -0.4 is 15.6 Å². The molecule has 22 heavy (non-hydrogen) atoms. The van der Waals surface area contributed by atoms with E-state index in [-0.39, 0.29) is 0 Å². The molecule has 1 aliphatic heterocycles. The van der Waals surface area contributed by atoms with Crippen LogP contribution in [-0.4, -0.2) is 17.2 Å². The second-order valence-corrected chi connectivity index (χ2v) is 4.88. The molecule has 0 amide bonds. The van der Waals surface area contributed by atoms with E-state index in [1.54, 1.807) is 12.2 Å². The van der Waals surface area contributed by atoms with Crippen LogP contribution in [0, 0.1) is 0 Å². The second-order valence-electron chi connectivity index (χ2n) is 4.88. The number of hydrazine groups is 2. The molecule has 2 aromatic rings. The molecule has 1 aliphatic rings. The van der Waals surface area contributed by atoms with Crippen LogP contribution in [0.15, 0.2) is 72.8 Å². The smallest absolute Gasteiger partial charge is 0.143 e. The maximum absolute atomic E-state index is 5.32. The first-order chi connectivity index (χ1) is 10.8. The molecular formula is C17H18N4O. The summed E-state index contributed by atoms with van der Waals surface area (Å²) in [6.45, 7) is 0. The average Bonchev–Trinajstić information content (AvgIpc) is 2.58. The average molecular weight is 294 g/mol. The van der Waals surface area contributed by atoms with Crippen LogP contribution >= 0.6 is 0 Å². The van der Waals surface area contributed by atoms with E-state index in [2.05, 4.69) is 21.9 Å². The molecule has 3 rings (SSSR count). The maximum Gasteiger partial charge on any atom is 0.143 e. The highest BCUT2D eigenvalue weighted by Gasteiger charge is 2.07. The number of nitrogens with zero attached hydrogens (tertiary/aromatic N) is 2. The Balaban J connectivity index is 1.61. The summed E-state index contributed by atoms with van der Waals surface area (Å²) in [5.74, 6) is 0.796. The number of rotatable bonds is 5. The van der Waals surface area contributed by atoms with Crippen LogP contribution in [0.5, 0.6) is 5.75 Å². The van der Waals surface area contributed by atoms with E-state index in [4.69, 9.17) is 4.74 Å². The van der Waals surface area contributed by atoms with Gasteiger partial charge in [-0.2, -0.15) is 0 Å². The third-order valence-electron chi connectivity index (χ3n) is 3.33. The molecule has 0 radical (unpaired) electrons. The normalized spacial score (nSPS) is 13.3. The number of allylic oxidation sites excluding steroid dienone is 2. The summed E-state index contributed by atoms with van der Waals surface area (Å²) in [6.07, 6.45) is 10.5. The van der Waals surface area contributed by atoms with Crippen molar-refractivity contribution in [1.82, 2.24) is 15.5 Å². The first kappa shape index (κ1) is 14.0. The summed E-state index contributed by atoms with van der Waals surface area (Å²) >= 11 is 0. The highest BCUT2D eigenvalue weighted by Crippen LogP contribution is 2.23. The third-order valence-corrected chi connectivity index (χ3v) is 3.33. The quantitative estimate of drug-likeness (QED) is 0.888. The van der Waals surface area contributed by atoms with Crippen molar-refractivity contribution in [2.45, 2.75) is 6.42 Å². The number of hydrogen-bond acceptors (Lipinski definition) is 5. The molecule has 112 valence electrons. The number of anilines is 1. The van der Waals surface area contributed by atoms with Gasteiger partial charge in [0.2, 0.25) is 0 Å². The summed E-state index contributed by atoms with van der Waals surface area (Å²) in [7, 11) is 1.66. The Morgan fingerprint density at radius 1 is 1.18 bits per heavy atom. The molecule has 0 fully saturated rings. The Morgan fingerprint density at radius 2 is 2.00 bits per heavy atom. The summed E-state index contributed by atoms with van der Waals surface area (Å²) in [4.78, 5) is 4.03. The number of hydrogen-bond donors (Lipinski definition) is 2. The largest absolute Gasteiger partial charge is 0.495 e. The van der Waals surface area contributed by atoms with Gasteiger partial charge in [-0.1, -0.05) is 12.1 Å². The van der Waals surface area contributed by atoms with Crippen molar-refractivity contribution in [3.05, 3.63) is 78.4 Å². The lowest BCUT2D eigenvalue weighted by Gasteiger charge is -2.26. The van der Waals surface area contributed by atoms with Gasteiger partial charge in [0, 0.05) is 24.8 Å². The third kappa shape index (κ3) is 3.38. The van der Waals surface area contributed by atoms with Crippen LogP contribution in [0.2, 0.25) is 0 Å².